The summed E-state index contributed by atoms with van der Waals surface area (Å²) in [5.74, 6) is 0. The second kappa shape index (κ2) is 5.53. The fourth-order valence-electron chi connectivity index (χ4n) is 1.53. The second-order valence-electron chi connectivity index (χ2n) is 4.09. The van der Waals surface area contributed by atoms with Gasteiger partial charge in [0.25, 0.3) is 0 Å². The Bertz CT molecular complexity index is 192. The van der Waals surface area contributed by atoms with Crippen molar-refractivity contribution in [1.82, 2.24) is 4.90 Å². The molecule has 1 aliphatic rings. The van der Waals surface area contributed by atoms with Gasteiger partial charge in [-0.05, 0) is 25.8 Å². The van der Waals surface area contributed by atoms with E-state index in [1.165, 1.54) is 0 Å². The lowest BCUT2D eigenvalue weighted by atomic mass is 10.3. The first-order valence-electron chi connectivity index (χ1n) is 5.40. The van der Waals surface area contributed by atoms with Crippen LogP contribution in [-0.2, 0) is 0 Å². The van der Waals surface area contributed by atoms with Crippen LogP contribution in [0.1, 0.15) is 32.6 Å². The Balaban J connectivity index is 2.36. The van der Waals surface area contributed by atoms with E-state index in [9.17, 15) is 13.2 Å². The summed E-state index contributed by atoms with van der Waals surface area (Å²) in [5.41, 5.74) is 0. The zero-order valence-corrected chi connectivity index (χ0v) is 10.4. The Labute approximate surface area is 97.1 Å². The largest absolute Gasteiger partial charge is 0.402 e. The average Bonchev–Trinajstić information content (AvgIpc) is 2.93. The summed E-state index contributed by atoms with van der Waals surface area (Å²) in [7, 11) is 0. The van der Waals surface area contributed by atoms with Gasteiger partial charge in [0.05, 0.1) is 0 Å². The van der Waals surface area contributed by atoms with Gasteiger partial charge in [-0.15, -0.1) is 0 Å². The van der Waals surface area contributed by atoms with Crippen molar-refractivity contribution in [2.24, 2.45) is 0 Å². The smallest absolute Gasteiger partial charge is 0.299 e. The highest BCUT2D eigenvalue weighted by Gasteiger charge is 2.40. The van der Waals surface area contributed by atoms with Crippen LogP contribution >= 0.6 is 15.9 Å². The van der Waals surface area contributed by atoms with Crippen molar-refractivity contribution in [3.8, 4) is 0 Å². The van der Waals surface area contributed by atoms with Crippen LogP contribution in [0.5, 0.6) is 0 Å². The van der Waals surface area contributed by atoms with E-state index < -0.39 is 11.0 Å². The second-order valence-corrected chi connectivity index (χ2v) is 5.19. The molecule has 0 bridgehead atoms. The molecule has 0 aromatic heterocycles. The maximum Gasteiger partial charge on any atom is 0.402 e. The Kier molecular flexibility index (Phi) is 4.90. The molecular weight excluding hydrogens is 271 g/mol. The third-order valence-corrected chi connectivity index (χ3v) is 3.42. The number of halogens is 4. The van der Waals surface area contributed by atoms with E-state index in [1.807, 2.05) is 4.90 Å². The summed E-state index contributed by atoms with van der Waals surface area (Å²) >= 11 is 2.72. The molecule has 0 saturated heterocycles. The maximum absolute atomic E-state index is 12.3. The van der Waals surface area contributed by atoms with Crippen molar-refractivity contribution in [1.29, 1.82) is 0 Å². The molecule has 0 aromatic carbocycles. The third kappa shape index (κ3) is 4.72. The zero-order chi connectivity index (χ0) is 11.5. The minimum absolute atomic E-state index is 0.0914. The van der Waals surface area contributed by atoms with Crippen LogP contribution in [0.2, 0.25) is 0 Å². The summed E-state index contributed by atoms with van der Waals surface area (Å²) in [6.45, 7) is 2.94. The van der Waals surface area contributed by atoms with Gasteiger partial charge in [-0.2, -0.15) is 13.2 Å². The summed E-state index contributed by atoms with van der Waals surface area (Å²) in [6.07, 6.45) is -0.00178. The molecule has 0 N–H and O–H groups in total. The molecule has 1 aliphatic carbocycles. The van der Waals surface area contributed by atoms with Gasteiger partial charge in [-0.3, -0.25) is 4.90 Å². The Hall–Kier alpha value is 0.230. The molecule has 15 heavy (non-hydrogen) atoms. The highest BCUT2D eigenvalue weighted by Crippen LogP contribution is 2.32. The topological polar surface area (TPSA) is 3.24 Å². The van der Waals surface area contributed by atoms with E-state index >= 15 is 0 Å². The van der Waals surface area contributed by atoms with Crippen molar-refractivity contribution in [2.45, 2.75) is 49.7 Å². The number of unbranched alkanes of at least 4 members (excludes halogenated alkanes) is 1. The molecule has 1 saturated carbocycles. The predicted molar refractivity (Wildman–Crippen MR) is 58.3 cm³/mol. The quantitative estimate of drug-likeness (QED) is 0.675. The molecule has 1 atom stereocenters. The summed E-state index contributed by atoms with van der Waals surface area (Å²) in [4.78, 5) is 0.582. The van der Waals surface area contributed by atoms with E-state index in [0.717, 1.165) is 32.2 Å². The minimum atomic E-state index is -4.13. The summed E-state index contributed by atoms with van der Waals surface area (Å²) in [5, 5.41) is 0. The van der Waals surface area contributed by atoms with Crippen LogP contribution < -0.4 is 0 Å². The van der Waals surface area contributed by atoms with Crippen LogP contribution in [0, 0.1) is 0 Å². The molecule has 0 spiro atoms. The fraction of sp³-hybridized carbons (Fsp3) is 1.00. The maximum atomic E-state index is 12.3. The van der Waals surface area contributed by atoms with Crippen molar-refractivity contribution in [2.75, 3.05) is 13.1 Å². The lowest BCUT2D eigenvalue weighted by Crippen LogP contribution is -2.39. The number of hydrogen-bond acceptors (Lipinski definition) is 1. The van der Waals surface area contributed by atoms with Crippen LogP contribution in [0.15, 0.2) is 0 Å². The van der Waals surface area contributed by atoms with Crippen LogP contribution in [0.4, 0.5) is 13.2 Å². The number of alkyl halides is 4. The molecule has 1 unspecified atom stereocenters. The molecule has 1 nitrogen and oxygen atoms in total. The van der Waals surface area contributed by atoms with Gasteiger partial charge >= 0.3 is 6.18 Å². The molecule has 1 fully saturated rings. The molecule has 0 amide bonds. The Morgan fingerprint density at radius 2 is 2.00 bits per heavy atom. The van der Waals surface area contributed by atoms with E-state index in [4.69, 9.17) is 0 Å². The van der Waals surface area contributed by atoms with E-state index in [-0.39, 0.29) is 6.54 Å². The lowest BCUT2D eigenvalue weighted by molar-refractivity contribution is -0.130. The van der Waals surface area contributed by atoms with Gasteiger partial charge in [-0.25, -0.2) is 0 Å². The molecular formula is C10H17BrF3N. The predicted octanol–water partition coefficient (Wildman–Crippen LogP) is 3.58. The molecule has 0 aromatic rings. The van der Waals surface area contributed by atoms with Crippen molar-refractivity contribution < 1.29 is 13.2 Å². The first-order valence-corrected chi connectivity index (χ1v) is 6.31. The SMILES string of the molecule is CCCCN(CC(Br)C(F)(F)F)C1CC1. The molecule has 5 heteroatoms. The van der Waals surface area contributed by atoms with Gasteiger partial charge < -0.3 is 0 Å². The molecule has 90 valence electrons. The third-order valence-electron chi connectivity index (χ3n) is 2.61. The summed E-state index contributed by atoms with van der Waals surface area (Å²) in [6, 6.07) is 0.402. The van der Waals surface area contributed by atoms with Crippen molar-refractivity contribution >= 4 is 15.9 Å². The number of rotatable bonds is 6. The van der Waals surface area contributed by atoms with Crippen LogP contribution in [0.25, 0.3) is 0 Å². The number of nitrogens with zero attached hydrogens (tertiary/aromatic N) is 1. The first kappa shape index (κ1) is 13.3. The first-order chi connectivity index (χ1) is 6.95. The van der Waals surface area contributed by atoms with Gasteiger partial charge in [-0.1, -0.05) is 29.3 Å². The Morgan fingerprint density at radius 1 is 1.40 bits per heavy atom. The average molecular weight is 288 g/mol. The van der Waals surface area contributed by atoms with Crippen molar-refractivity contribution in [3.05, 3.63) is 0 Å². The molecule has 1 rings (SSSR count). The Morgan fingerprint density at radius 3 is 2.40 bits per heavy atom. The zero-order valence-electron chi connectivity index (χ0n) is 8.86. The van der Waals surface area contributed by atoms with E-state index in [2.05, 4.69) is 22.9 Å². The lowest BCUT2D eigenvalue weighted by Gasteiger charge is -2.25. The highest BCUT2D eigenvalue weighted by atomic mass is 79.9. The summed E-state index contributed by atoms with van der Waals surface area (Å²) < 4.78 is 37.0. The minimum Gasteiger partial charge on any atom is -0.299 e. The van der Waals surface area contributed by atoms with Crippen LogP contribution in [-0.4, -0.2) is 35.0 Å². The normalized spacial score (nSPS) is 19.6. The van der Waals surface area contributed by atoms with Crippen molar-refractivity contribution in [3.63, 3.8) is 0 Å². The van der Waals surface area contributed by atoms with Crippen LogP contribution in [0.3, 0.4) is 0 Å². The standard InChI is InChI=1S/C10H17BrF3N/c1-2-3-6-15(8-4-5-8)7-9(11)10(12,13)14/h8-9H,2-7H2,1H3. The molecule has 0 heterocycles. The monoisotopic (exact) mass is 287 g/mol. The molecule has 0 aliphatic heterocycles. The van der Waals surface area contributed by atoms with Gasteiger partial charge in [0.15, 0.2) is 0 Å². The van der Waals surface area contributed by atoms with Gasteiger partial charge in [0.2, 0.25) is 0 Å². The number of hydrogen-bond donors (Lipinski definition) is 0. The van der Waals surface area contributed by atoms with Gasteiger partial charge in [0.1, 0.15) is 4.83 Å². The molecule has 0 radical (unpaired) electrons. The van der Waals surface area contributed by atoms with E-state index in [1.54, 1.807) is 0 Å². The van der Waals surface area contributed by atoms with E-state index in [0.29, 0.717) is 6.04 Å². The fourth-order valence-corrected chi connectivity index (χ4v) is 1.91. The highest BCUT2D eigenvalue weighted by molar-refractivity contribution is 9.09. The van der Waals surface area contributed by atoms with Gasteiger partial charge in [0, 0.05) is 12.6 Å².